The highest BCUT2D eigenvalue weighted by atomic mass is 15.1. The third kappa shape index (κ3) is 3.83. The minimum absolute atomic E-state index is 0.306. The summed E-state index contributed by atoms with van der Waals surface area (Å²) in [5.74, 6) is 0. The molecule has 0 aliphatic heterocycles. The summed E-state index contributed by atoms with van der Waals surface area (Å²) in [5.41, 5.74) is 1.02. The van der Waals surface area contributed by atoms with Crippen LogP contribution in [0.25, 0.3) is 0 Å². The molecular weight excluding hydrogens is 160 g/mol. The first kappa shape index (κ1) is 11.8. The van der Waals surface area contributed by atoms with Crippen LogP contribution in [0.3, 0.4) is 0 Å². The molecule has 0 heterocycles. The predicted molar refractivity (Wildman–Crippen MR) is 59.4 cm³/mol. The van der Waals surface area contributed by atoms with E-state index in [1.165, 1.54) is 0 Å². The van der Waals surface area contributed by atoms with Gasteiger partial charge >= 0.3 is 0 Å². The summed E-state index contributed by atoms with van der Waals surface area (Å²) < 4.78 is 0. The second kappa shape index (κ2) is 6.35. The van der Waals surface area contributed by atoms with Gasteiger partial charge in [-0.3, -0.25) is 0 Å². The van der Waals surface area contributed by atoms with Gasteiger partial charge in [0.15, 0.2) is 0 Å². The first-order chi connectivity index (χ1) is 6.17. The highest BCUT2D eigenvalue weighted by Gasteiger charge is 2.12. The maximum atomic E-state index is 3.96. The molecular formula is C11H20N2. The summed E-state index contributed by atoms with van der Waals surface area (Å²) in [5, 5.41) is 3.07. The van der Waals surface area contributed by atoms with Gasteiger partial charge in [-0.25, -0.2) is 0 Å². The first-order valence-electron chi connectivity index (χ1n) is 4.49. The molecule has 2 heteroatoms. The maximum Gasteiger partial charge on any atom is 0.0676 e. The molecule has 1 atom stereocenters. The summed E-state index contributed by atoms with van der Waals surface area (Å²) in [6.07, 6.45) is 5.75. The van der Waals surface area contributed by atoms with Gasteiger partial charge < -0.3 is 10.2 Å². The summed E-state index contributed by atoms with van der Waals surface area (Å²) >= 11 is 0. The zero-order chi connectivity index (χ0) is 10.3. The van der Waals surface area contributed by atoms with Gasteiger partial charge in [0.2, 0.25) is 0 Å². The number of allylic oxidation sites excluding steroid dienone is 1. The van der Waals surface area contributed by atoms with Crippen molar-refractivity contribution in [3.8, 4) is 0 Å². The average Bonchev–Trinajstić information content (AvgIpc) is 2.17. The predicted octanol–water partition coefficient (Wildman–Crippen LogP) is 2.13. The van der Waals surface area contributed by atoms with Crippen LogP contribution in [0.15, 0.2) is 37.7 Å². The highest BCUT2D eigenvalue weighted by molar-refractivity contribution is 5.04. The molecule has 0 saturated carbocycles. The summed E-state index contributed by atoms with van der Waals surface area (Å²) in [6, 6.07) is 0.306. The quantitative estimate of drug-likeness (QED) is 0.604. The molecule has 0 saturated heterocycles. The van der Waals surface area contributed by atoms with Gasteiger partial charge in [0, 0.05) is 19.8 Å². The van der Waals surface area contributed by atoms with Gasteiger partial charge in [-0.15, -0.1) is 6.58 Å². The minimum Gasteiger partial charge on any atom is -0.390 e. The lowest BCUT2D eigenvalue weighted by Gasteiger charge is -2.28. The first-order valence-corrected chi connectivity index (χ1v) is 4.49. The SMILES string of the molecule is C=CCCC(C(=C)NC)N(C)C=C. The maximum absolute atomic E-state index is 3.96. The lowest BCUT2D eigenvalue weighted by atomic mass is 10.1. The van der Waals surface area contributed by atoms with Gasteiger partial charge in [0.05, 0.1) is 6.04 Å². The molecule has 1 N–H and O–H groups in total. The fraction of sp³-hybridized carbons (Fsp3) is 0.455. The van der Waals surface area contributed by atoms with Crippen molar-refractivity contribution in [1.82, 2.24) is 10.2 Å². The fourth-order valence-electron chi connectivity index (χ4n) is 1.19. The molecule has 13 heavy (non-hydrogen) atoms. The molecule has 2 nitrogen and oxygen atoms in total. The van der Waals surface area contributed by atoms with E-state index in [0.29, 0.717) is 6.04 Å². The fourth-order valence-corrected chi connectivity index (χ4v) is 1.19. The van der Waals surface area contributed by atoms with Crippen molar-refractivity contribution >= 4 is 0 Å². The van der Waals surface area contributed by atoms with E-state index in [9.17, 15) is 0 Å². The Labute approximate surface area is 81.6 Å². The van der Waals surface area contributed by atoms with Gasteiger partial charge in [-0.1, -0.05) is 19.2 Å². The average molecular weight is 180 g/mol. The van der Waals surface area contributed by atoms with Crippen LogP contribution in [0, 0.1) is 0 Å². The van der Waals surface area contributed by atoms with Crippen molar-refractivity contribution in [2.45, 2.75) is 18.9 Å². The number of hydrogen-bond donors (Lipinski definition) is 1. The lowest BCUT2D eigenvalue weighted by Crippen LogP contribution is -2.33. The van der Waals surface area contributed by atoms with E-state index < -0.39 is 0 Å². The summed E-state index contributed by atoms with van der Waals surface area (Å²) in [7, 11) is 3.89. The third-order valence-electron chi connectivity index (χ3n) is 2.15. The molecule has 0 aliphatic rings. The molecule has 1 unspecified atom stereocenters. The number of nitrogens with one attached hydrogen (secondary N) is 1. The van der Waals surface area contributed by atoms with Crippen molar-refractivity contribution in [3.63, 3.8) is 0 Å². The van der Waals surface area contributed by atoms with Crippen LogP contribution in [0.1, 0.15) is 12.8 Å². The molecule has 0 amide bonds. The van der Waals surface area contributed by atoms with Crippen LogP contribution in [0.5, 0.6) is 0 Å². The van der Waals surface area contributed by atoms with E-state index in [-0.39, 0.29) is 0 Å². The van der Waals surface area contributed by atoms with Crippen molar-refractivity contribution in [2.24, 2.45) is 0 Å². The van der Waals surface area contributed by atoms with Crippen LogP contribution in [-0.2, 0) is 0 Å². The minimum atomic E-state index is 0.306. The second-order valence-electron chi connectivity index (χ2n) is 3.01. The van der Waals surface area contributed by atoms with E-state index in [4.69, 9.17) is 0 Å². The lowest BCUT2D eigenvalue weighted by molar-refractivity contribution is 0.344. The van der Waals surface area contributed by atoms with Gasteiger partial charge in [-0.05, 0) is 19.0 Å². The number of likely N-dealkylation sites (N-methyl/N-ethyl adjacent to an activating group) is 2. The van der Waals surface area contributed by atoms with Crippen LogP contribution in [-0.4, -0.2) is 25.0 Å². The van der Waals surface area contributed by atoms with E-state index in [1.54, 1.807) is 0 Å². The number of nitrogens with zero attached hydrogens (tertiary/aromatic N) is 1. The molecule has 0 fully saturated rings. The molecule has 0 radical (unpaired) electrons. The van der Waals surface area contributed by atoms with Crippen LogP contribution >= 0.6 is 0 Å². The van der Waals surface area contributed by atoms with Crippen LogP contribution in [0.2, 0.25) is 0 Å². The highest BCUT2D eigenvalue weighted by Crippen LogP contribution is 2.11. The van der Waals surface area contributed by atoms with Gasteiger partial charge in [0.25, 0.3) is 0 Å². The summed E-state index contributed by atoms with van der Waals surface area (Å²) in [6.45, 7) is 11.4. The van der Waals surface area contributed by atoms with Crippen molar-refractivity contribution in [1.29, 1.82) is 0 Å². The number of rotatable bonds is 7. The summed E-state index contributed by atoms with van der Waals surface area (Å²) in [4.78, 5) is 2.06. The Morgan fingerprint density at radius 1 is 1.54 bits per heavy atom. The van der Waals surface area contributed by atoms with Crippen molar-refractivity contribution in [3.05, 3.63) is 37.7 Å². The topological polar surface area (TPSA) is 15.3 Å². The van der Waals surface area contributed by atoms with Gasteiger partial charge in [0.1, 0.15) is 0 Å². The van der Waals surface area contributed by atoms with Crippen molar-refractivity contribution < 1.29 is 0 Å². The monoisotopic (exact) mass is 180 g/mol. The Bertz CT molecular complexity index is 185. The van der Waals surface area contributed by atoms with Crippen molar-refractivity contribution in [2.75, 3.05) is 14.1 Å². The third-order valence-corrected chi connectivity index (χ3v) is 2.15. The molecule has 0 rings (SSSR count). The van der Waals surface area contributed by atoms with E-state index in [0.717, 1.165) is 18.5 Å². The Kier molecular flexibility index (Phi) is 5.77. The zero-order valence-electron chi connectivity index (χ0n) is 8.71. The standard InChI is InChI=1S/C11H20N2/c1-6-8-9-11(10(3)12-4)13(5)7-2/h6-7,11-12H,1-3,8-9H2,4-5H3. The molecule has 0 spiro atoms. The normalized spacial score (nSPS) is 11.5. The molecule has 0 aromatic rings. The van der Waals surface area contributed by atoms with Crippen LogP contribution < -0.4 is 5.32 Å². The van der Waals surface area contributed by atoms with E-state index in [2.05, 4.69) is 30.0 Å². The van der Waals surface area contributed by atoms with E-state index >= 15 is 0 Å². The molecule has 0 aliphatic carbocycles. The zero-order valence-corrected chi connectivity index (χ0v) is 8.71. The second-order valence-corrected chi connectivity index (χ2v) is 3.01. The van der Waals surface area contributed by atoms with E-state index in [1.807, 2.05) is 26.4 Å². The Morgan fingerprint density at radius 3 is 2.54 bits per heavy atom. The Balaban J connectivity index is 4.25. The molecule has 0 aromatic carbocycles. The largest absolute Gasteiger partial charge is 0.390 e. The molecule has 74 valence electrons. The smallest absolute Gasteiger partial charge is 0.0676 e. The Morgan fingerprint density at radius 2 is 2.15 bits per heavy atom. The van der Waals surface area contributed by atoms with Gasteiger partial charge in [-0.2, -0.15) is 0 Å². The molecule has 0 bridgehead atoms. The van der Waals surface area contributed by atoms with Crippen LogP contribution in [0.4, 0.5) is 0 Å². The Hall–Kier alpha value is -1.18. The number of hydrogen-bond acceptors (Lipinski definition) is 2. The molecule has 0 aromatic heterocycles.